The third-order valence-corrected chi connectivity index (χ3v) is 5.56. The van der Waals surface area contributed by atoms with Crippen molar-refractivity contribution in [3.8, 4) is 23.8 Å². The van der Waals surface area contributed by atoms with Crippen molar-refractivity contribution < 1.29 is 14.4 Å². The largest absolute Gasteiger partial charge is 0.490 e. The molecule has 0 bridgehead atoms. The first-order valence-corrected chi connectivity index (χ1v) is 11.4. The molecule has 0 aliphatic heterocycles. The molecule has 3 rings (SSSR count). The van der Waals surface area contributed by atoms with E-state index in [0.29, 0.717) is 22.3 Å². The Balaban J connectivity index is 2.19. The lowest BCUT2D eigenvalue weighted by molar-refractivity contribution is -0.385. The molecule has 2 aromatic carbocycles. The molecule has 0 fully saturated rings. The minimum atomic E-state index is -0.586. The normalized spacial score (nSPS) is 12.0. The van der Waals surface area contributed by atoms with E-state index in [-0.39, 0.29) is 41.9 Å². The SMILES string of the molecule is C#CCOc1c(OCC)cc(C=Nn2c([C@H](C)CC)nc3ccc(Br)cc3c2=O)cc1[N+](=O)[O-]. The van der Waals surface area contributed by atoms with Crippen LogP contribution in [0.4, 0.5) is 5.69 Å². The number of halogens is 1. The van der Waals surface area contributed by atoms with Gasteiger partial charge in [-0.2, -0.15) is 9.78 Å². The van der Waals surface area contributed by atoms with E-state index in [4.69, 9.17) is 15.9 Å². The van der Waals surface area contributed by atoms with Gasteiger partial charge in [0, 0.05) is 22.0 Å². The van der Waals surface area contributed by atoms with Crippen molar-refractivity contribution in [2.45, 2.75) is 33.1 Å². The van der Waals surface area contributed by atoms with Crippen molar-refractivity contribution in [2.75, 3.05) is 13.2 Å². The molecule has 10 heteroatoms. The Bertz CT molecular complexity index is 1360. The Hall–Kier alpha value is -3.71. The molecule has 0 aliphatic carbocycles. The summed E-state index contributed by atoms with van der Waals surface area (Å²) >= 11 is 3.38. The van der Waals surface area contributed by atoms with Crippen LogP contribution < -0.4 is 15.0 Å². The quantitative estimate of drug-likeness (QED) is 0.170. The number of nitro groups is 1. The summed E-state index contributed by atoms with van der Waals surface area (Å²) in [6.07, 6.45) is 7.34. The first-order valence-electron chi connectivity index (χ1n) is 10.6. The second kappa shape index (κ2) is 10.9. The maximum atomic E-state index is 13.3. The zero-order chi connectivity index (χ0) is 24.8. The van der Waals surface area contributed by atoms with Crippen molar-refractivity contribution in [3.05, 3.63) is 66.7 Å². The maximum absolute atomic E-state index is 13.3. The zero-order valence-electron chi connectivity index (χ0n) is 18.9. The van der Waals surface area contributed by atoms with Crippen LogP contribution in [-0.4, -0.2) is 34.0 Å². The van der Waals surface area contributed by atoms with Crippen LogP contribution >= 0.6 is 15.9 Å². The Morgan fingerprint density at radius 3 is 2.74 bits per heavy atom. The van der Waals surface area contributed by atoms with Gasteiger partial charge in [-0.25, -0.2) is 4.98 Å². The van der Waals surface area contributed by atoms with E-state index < -0.39 is 4.92 Å². The lowest BCUT2D eigenvalue weighted by Gasteiger charge is -2.14. The summed E-state index contributed by atoms with van der Waals surface area (Å²) < 4.78 is 12.9. The fraction of sp³-hybridized carbons (Fsp3) is 0.292. The predicted molar refractivity (Wildman–Crippen MR) is 134 cm³/mol. The van der Waals surface area contributed by atoms with Crippen LogP contribution in [0.1, 0.15) is 44.5 Å². The standard InChI is InChI=1S/C24H23BrN4O5/c1-5-10-34-22-20(29(31)32)11-16(12-21(22)33-7-3)14-26-28-23(15(4)6-2)27-19-9-8-17(25)13-18(19)24(28)30/h1,8-9,11-15H,6-7,10H2,2-4H3/t15-/m1/s1. The first kappa shape index (κ1) is 24.9. The molecule has 34 heavy (non-hydrogen) atoms. The van der Waals surface area contributed by atoms with Gasteiger partial charge < -0.3 is 9.47 Å². The second-order valence-electron chi connectivity index (χ2n) is 7.35. The topological polar surface area (TPSA) is 109 Å². The molecule has 0 amide bonds. The number of ether oxygens (including phenoxy) is 2. The highest BCUT2D eigenvalue weighted by molar-refractivity contribution is 9.10. The van der Waals surface area contributed by atoms with E-state index in [0.717, 1.165) is 10.9 Å². The van der Waals surface area contributed by atoms with Gasteiger partial charge in [0.1, 0.15) is 12.4 Å². The number of hydrogen-bond donors (Lipinski definition) is 0. The van der Waals surface area contributed by atoms with Crippen LogP contribution in [0.3, 0.4) is 0 Å². The molecule has 1 atom stereocenters. The number of rotatable bonds is 9. The molecule has 0 spiro atoms. The van der Waals surface area contributed by atoms with Gasteiger partial charge >= 0.3 is 5.69 Å². The van der Waals surface area contributed by atoms with E-state index in [2.05, 4.69) is 31.9 Å². The van der Waals surface area contributed by atoms with Gasteiger partial charge in [0.05, 0.1) is 28.6 Å². The molecule has 0 radical (unpaired) electrons. The number of nitro benzene ring substituents is 1. The molecule has 0 saturated heterocycles. The van der Waals surface area contributed by atoms with Crippen LogP contribution in [-0.2, 0) is 0 Å². The molecule has 1 aromatic heterocycles. The summed E-state index contributed by atoms with van der Waals surface area (Å²) in [6, 6.07) is 8.11. The number of nitrogens with zero attached hydrogens (tertiary/aromatic N) is 4. The van der Waals surface area contributed by atoms with Crippen molar-refractivity contribution in [3.63, 3.8) is 0 Å². The summed E-state index contributed by atoms with van der Waals surface area (Å²) in [6.45, 7) is 5.79. The van der Waals surface area contributed by atoms with Gasteiger partial charge in [-0.05, 0) is 37.6 Å². The van der Waals surface area contributed by atoms with Crippen LogP contribution in [0, 0.1) is 22.5 Å². The number of benzene rings is 2. The van der Waals surface area contributed by atoms with Gasteiger partial charge in [-0.3, -0.25) is 14.9 Å². The molecule has 176 valence electrons. The Kier molecular flexibility index (Phi) is 8.02. The summed E-state index contributed by atoms with van der Waals surface area (Å²) in [7, 11) is 0. The van der Waals surface area contributed by atoms with Crippen LogP contribution in [0.25, 0.3) is 10.9 Å². The van der Waals surface area contributed by atoms with Gasteiger partial charge in [-0.1, -0.05) is 35.7 Å². The highest BCUT2D eigenvalue weighted by atomic mass is 79.9. The van der Waals surface area contributed by atoms with Crippen LogP contribution in [0.2, 0.25) is 0 Å². The smallest absolute Gasteiger partial charge is 0.315 e. The highest BCUT2D eigenvalue weighted by Crippen LogP contribution is 2.38. The predicted octanol–water partition coefficient (Wildman–Crippen LogP) is 4.87. The minimum Gasteiger partial charge on any atom is -0.490 e. The molecule has 1 heterocycles. The molecular weight excluding hydrogens is 504 g/mol. The van der Waals surface area contributed by atoms with Crippen molar-refractivity contribution in [2.24, 2.45) is 5.10 Å². The van der Waals surface area contributed by atoms with Crippen LogP contribution in [0.15, 0.2) is 44.7 Å². The first-order chi connectivity index (χ1) is 16.3. The molecular formula is C24H23BrN4O5. The van der Waals surface area contributed by atoms with Gasteiger partial charge in [0.2, 0.25) is 5.75 Å². The lowest BCUT2D eigenvalue weighted by atomic mass is 10.1. The number of hydrogen-bond acceptors (Lipinski definition) is 7. The molecule has 0 unspecified atom stereocenters. The summed E-state index contributed by atoms with van der Waals surface area (Å²) in [5.41, 5.74) is 0.253. The highest BCUT2D eigenvalue weighted by Gasteiger charge is 2.22. The van der Waals surface area contributed by atoms with E-state index in [9.17, 15) is 14.9 Å². The summed E-state index contributed by atoms with van der Waals surface area (Å²) in [5, 5.41) is 16.5. The van der Waals surface area contributed by atoms with Gasteiger partial charge in [0.15, 0.2) is 5.75 Å². The minimum absolute atomic E-state index is 0.0502. The average molecular weight is 527 g/mol. The van der Waals surface area contributed by atoms with Crippen molar-refractivity contribution >= 4 is 38.7 Å². The monoisotopic (exact) mass is 526 g/mol. The number of fused-ring (bicyclic) bond motifs is 1. The number of terminal acetylenes is 1. The number of aromatic nitrogens is 2. The van der Waals surface area contributed by atoms with E-state index in [1.165, 1.54) is 17.0 Å². The van der Waals surface area contributed by atoms with E-state index >= 15 is 0 Å². The lowest BCUT2D eigenvalue weighted by Crippen LogP contribution is -2.23. The zero-order valence-corrected chi connectivity index (χ0v) is 20.5. The van der Waals surface area contributed by atoms with Crippen molar-refractivity contribution in [1.29, 1.82) is 0 Å². The summed E-state index contributed by atoms with van der Waals surface area (Å²) in [4.78, 5) is 29.0. The third kappa shape index (κ3) is 5.26. The van der Waals surface area contributed by atoms with E-state index in [1.54, 1.807) is 25.1 Å². The van der Waals surface area contributed by atoms with Gasteiger partial charge in [-0.15, -0.1) is 6.42 Å². The Morgan fingerprint density at radius 1 is 1.32 bits per heavy atom. The van der Waals surface area contributed by atoms with Crippen LogP contribution in [0.5, 0.6) is 11.5 Å². The molecule has 3 aromatic rings. The fourth-order valence-electron chi connectivity index (χ4n) is 3.24. The average Bonchev–Trinajstić information content (AvgIpc) is 2.82. The maximum Gasteiger partial charge on any atom is 0.315 e. The summed E-state index contributed by atoms with van der Waals surface area (Å²) in [5.74, 6) is 2.82. The third-order valence-electron chi connectivity index (χ3n) is 5.06. The van der Waals surface area contributed by atoms with Gasteiger partial charge in [0.25, 0.3) is 5.56 Å². The Morgan fingerprint density at radius 2 is 2.09 bits per heavy atom. The molecule has 9 nitrogen and oxygen atoms in total. The molecule has 0 aliphatic rings. The fourth-order valence-corrected chi connectivity index (χ4v) is 3.60. The van der Waals surface area contributed by atoms with Crippen molar-refractivity contribution in [1.82, 2.24) is 9.66 Å². The molecule has 0 N–H and O–H groups in total. The Labute approximate surface area is 204 Å². The molecule has 0 saturated carbocycles. The van der Waals surface area contributed by atoms with E-state index in [1.807, 2.05) is 19.9 Å². The second-order valence-corrected chi connectivity index (χ2v) is 8.27.